The molecule has 128 valence electrons. The fraction of sp³-hybridized carbons (Fsp3) is 0.600. The normalized spacial score (nSPS) is 16.3. The van der Waals surface area contributed by atoms with Crippen molar-refractivity contribution in [3.63, 3.8) is 0 Å². The highest BCUT2D eigenvalue weighted by Gasteiger charge is 2.33. The smallest absolute Gasteiger partial charge is 0.125 e. The zero-order valence-corrected chi connectivity index (χ0v) is 15.8. The molecule has 1 aliphatic rings. The highest BCUT2D eigenvalue weighted by molar-refractivity contribution is 5.83. The van der Waals surface area contributed by atoms with Crippen LogP contribution in [-0.2, 0) is 6.54 Å². The van der Waals surface area contributed by atoms with Crippen molar-refractivity contribution in [1.82, 2.24) is 5.32 Å². The number of rotatable bonds is 6. The second-order valence-electron chi connectivity index (χ2n) is 7.30. The van der Waals surface area contributed by atoms with Crippen LogP contribution in [0.15, 0.2) is 18.2 Å². The number of benzene rings is 1. The lowest BCUT2D eigenvalue weighted by atomic mass is 9.86. The van der Waals surface area contributed by atoms with Crippen LogP contribution < -0.4 is 15.0 Å². The number of nitrogens with zero attached hydrogens (tertiary/aromatic N) is 1. The maximum Gasteiger partial charge on any atom is 0.125 e. The number of methoxy groups -OCH3 is 1. The molecule has 2 rings (SSSR count). The van der Waals surface area contributed by atoms with Crippen LogP contribution in [-0.4, -0.2) is 25.2 Å². The molecule has 0 radical (unpaired) electrons. The molecule has 0 amide bonds. The van der Waals surface area contributed by atoms with Gasteiger partial charge >= 0.3 is 0 Å². The first-order valence-electron chi connectivity index (χ1n) is 8.72. The topological polar surface area (TPSA) is 24.5 Å². The lowest BCUT2D eigenvalue weighted by Gasteiger charge is -2.46. The van der Waals surface area contributed by atoms with Gasteiger partial charge in [0.1, 0.15) is 5.75 Å². The first-order chi connectivity index (χ1) is 10.8. The largest absolute Gasteiger partial charge is 0.496 e. The SMILES string of the molecule is CCCNCc1cc2c(cc1OC)N(C(C)C)C(C)(C)C=C2C. The van der Waals surface area contributed by atoms with E-state index in [1.54, 1.807) is 7.11 Å². The molecule has 0 fully saturated rings. The Morgan fingerprint density at radius 2 is 1.96 bits per heavy atom. The monoisotopic (exact) mass is 316 g/mol. The Bertz CT molecular complexity index is 588. The molecule has 3 nitrogen and oxygen atoms in total. The Morgan fingerprint density at radius 1 is 1.26 bits per heavy atom. The van der Waals surface area contributed by atoms with Crippen LogP contribution in [0.2, 0.25) is 0 Å². The molecule has 0 bridgehead atoms. The van der Waals surface area contributed by atoms with Crippen LogP contribution in [0.4, 0.5) is 5.69 Å². The molecule has 0 atom stereocenters. The molecule has 1 aromatic rings. The summed E-state index contributed by atoms with van der Waals surface area (Å²) in [7, 11) is 1.77. The fourth-order valence-electron chi connectivity index (χ4n) is 3.79. The molecule has 0 spiro atoms. The summed E-state index contributed by atoms with van der Waals surface area (Å²) >= 11 is 0. The number of fused-ring (bicyclic) bond motifs is 1. The van der Waals surface area contributed by atoms with Gasteiger partial charge in [0.25, 0.3) is 0 Å². The van der Waals surface area contributed by atoms with Crippen molar-refractivity contribution in [2.45, 2.75) is 66.1 Å². The Balaban J connectivity index is 2.51. The zero-order valence-electron chi connectivity index (χ0n) is 15.8. The van der Waals surface area contributed by atoms with Gasteiger partial charge in [-0.05, 0) is 59.2 Å². The molecule has 1 aromatic carbocycles. The van der Waals surface area contributed by atoms with E-state index < -0.39 is 0 Å². The van der Waals surface area contributed by atoms with Crippen LogP contribution >= 0.6 is 0 Å². The number of ether oxygens (including phenoxy) is 1. The van der Waals surface area contributed by atoms with E-state index in [0.29, 0.717) is 6.04 Å². The molecular weight excluding hydrogens is 284 g/mol. The minimum atomic E-state index is 0.0121. The van der Waals surface area contributed by atoms with Gasteiger partial charge in [-0.3, -0.25) is 0 Å². The lowest BCUT2D eigenvalue weighted by molar-refractivity contribution is 0.406. The predicted molar refractivity (Wildman–Crippen MR) is 100 cm³/mol. The van der Waals surface area contributed by atoms with Crippen molar-refractivity contribution in [3.05, 3.63) is 29.3 Å². The second-order valence-corrected chi connectivity index (χ2v) is 7.30. The summed E-state index contributed by atoms with van der Waals surface area (Å²) in [6.07, 6.45) is 3.52. The maximum atomic E-state index is 5.69. The van der Waals surface area contributed by atoms with E-state index in [9.17, 15) is 0 Å². The van der Waals surface area contributed by atoms with Crippen LogP contribution in [0.25, 0.3) is 5.57 Å². The summed E-state index contributed by atoms with van der Waals surface area (Å²) in [5, 5.41) is 3.48. The third-order valence-electron chi connectivity index (χ3n) is 4.53. The molecule has 0 saturated carbocycles. The maximum absolute atomic E-state index is 5.69. The second kappa shape index (κ2) is 6.96. The summed E-state index contributed by atoms with van der Waals surface area (Å²) in [4.78, 5) is 2.49. The van der Waals surface area contributed by atoms with Gasteiger partial charge in [0, 0.05) is 35.5 Å². The van der Waals surface area contributed by atoms with Crippen LogP contribution in [0, 0.1) is 0 Å². The molecule has 0 saturated heterocycles. The van der Waals surface area contributed by atoms with Crippen molar-refractivity contribution in [2.24, 2.45) is 0 Å². The van der Waals surface area contributed by atoms with E-state index in [1.165, 1.54) is 22.4 Å². The Hall–Kier alpha value is -1.48. The van der Waals surface area contributed by atoms with E-state index in [-0.39, 0.29) is 5.54 Å². The van der Waals surface area contributed by atoms with Crippen LogP contribution in [0.1, 0.15) is 59.1 Å². The lowest BCUT2D eigenvalue weighted by Crippen LogP contribution is -2.49. The van der Waals surface area contributed by atoms with Crippen LogP contribution in [0.3, 0.4) is 0 Å². The van der Waals surface area contributed by atoms with Gasteiger partial charge in [0.2, 0.25) is 0 Å². The third-order valence-corrected chi connectivity index (χ3v) is 4.53. The summed E-state index contributed by atoms with van der Waals surface area (Å²) in [6, 6.07) is 4.95. The van der Waals surface area contributed by atoms with Gasteiger partial charge in [-0.25, -0.2) is 0 Å². The molecule has 0 aliphatic carbocycles. The number of hydrogen-bond donors (Lipinski definition) is 1. The average Bonchev–Trinajstić information content (AvgIpc) is 2.46. The summed E-state index contributed by atoms with van der Waals surface area (Å²) < 4.78 is 5.69. The molecule has 1 aliphatic heterocycles. The van der Waals surface area contributed by atoms with Gasteiger partial charge < -0.3 is 15.0 Å². The minimum Gasteiger partial charge on any atom is -0.496 e. The standard InChI is InChI=1S/C20H32N2O/c1-8-9-21-13-16-10-17-15(4)12-20(5,6)22(14(2)3)18(17)11-19(16)23-7/h10-12,14,21H,8-9,13H2,1-7H3. The molecule has 3 heteroatoms. The van der Waals surface area contributed by atoms with E-state index in [0.717, 1.165) is 25.3 Å². The predicted octanol–water partition coefficient (Wildman–Crippen LogP) is 4.61. The number of allylic oxidation sites excluding steroid dienone is 1. The average molecular weight is 316 g/mol. The first-order valence-corrected chi connectivity index (χ1v) is 8.72. The summed E-state index contributed by atoms with van der Waals surface area (Å²) in [5.74, 6) is 0.975. The number of hydrogen-bond acceptors (Lipinski definition) is 3. The van der Waals surface area contributed by atoms with E-state index in [2.05, 4.69) is 70.0 Å². The van der Waals surface area contributed by atoms with Crippen LogP contribution in [0.5, 0.6) is 5.75 Å². The Kier molecular flexibility index (Phi) is 5.41. The van der Waals surface area contributed by atoms with Gasteiger partial charge in [-0.2, -0.15) is 0 Å². The van der Waals surface area contributed by atoms with Crippen molar-refractivity contribution >= 4 is 11.3 Å². The molecule has 1 N–H and O–H groups in total. The highest BCUT2D eigenvalue weighted by Crippen LogP contribution is 2.43. The number of anilines is 1. The van der Waals surface area contributed by atoms with Gasteiger partial charge in [0.15, 0.2) is 0 Å². The van der Waals surface area contributed by atoms with E-state index >= 15 is 0 Å². The van der Waals surface area contributed by atoms with Gasteiger partial charge in [-0.1, -0.05) is 13.0 Å². The third kappa shape index (κ3) is 3.55. The summed E-state index contributed by atoms with van der Waals surface area (Å²) in [6.45, 7) is 15.3. The van der Waals surface area contributed by atoms with E-state index in [4.69, 9.17) is 4.74 Å². The van der Waals surface area contributed by atoms with E-state index in [1.807, 2.05) is 0 Å². The minimum absolute atomic E-state index is 0.0121. The van der Waals surface area contributed by atoms with Gasteiger partial charge in [0.05, 0.1) is 12.6 Å². The molecular formula is C20H32N2O. The Morgan fingerprint density at radius 3 is 2.52 bits per heavy atom. The summed E-state index contributed by atoms with van der Waals surface area (Å²) in [5.41, 5.74) is 5.20. The molecule has 0 aromatic heterocycles. The Labute approximate surface area is 141 Å². The van der Waals surface area contributed by atoms with Crippen molar-refractivity contribution in [1.29, 1.82) is 0 Å². The number of nitrogens with one attached hydrogen (secondary N) is 1. The molecule has 0 unspecified atom stereocenters. The molecule has 1 heterocycles. The quantitative estimate of drug-likeness (QED) is 0.776. The van der Waals surface area contributed by atoms with Gasteiger partial charge in [-0.15, -0.1) is 0 Å². The fourth-order valence-corrected chi connectivity index (χ4v) is 3.79. The van der Waals surface area contributed by atoms with Crippen molar-refractivity contribution in [3.8, 4) is 5.75 Å². The van der Waals surface area contributed by atoms with Crippen molar-refractivity contribution in [2.75, 3.05) is 18.6 Å². The first kappa shape index (κ1) is 17.9. The highest BCUT2D eigenvalue weighted by atomic mass is 16.5. The zero-order chi connectivity index (χ0) is 17.2. The molecule has 23 heavy (non-hydrogen) atoms. The van der Waals surface area contributed by atoms with Crippen molar-refractivity contribution < 1.29 is 4.74 Å².